The largest absolute Gasteiger partial charge is 0.461 e. The normalized spacial score (nSPS) is 16.1. The van der Waals surface area contributed by atoms with E-state index in [1.807, 2.05) is 5.43 Å². The zero-order valence-corrected chi connectivity index (χ0v) is 10.2. The van der Waals surface area contributed by atoms with Crippen LogP contribution in [0.1, 0.15) is 29.8 Å². The maximum absolute atomic E-state index is 12.7. The number of furan rings is 1. The molecule has 1 aromatic rings. The monoisotopic (exact) mass is 288 g/mol. The van der Waals surface area contributed by atoms with Gasteiger partial charge in [-0.25, -0.2) is 5.43 Å². The molecule has 1 aromatic heterocycles. The van der Waals surface area contributed by atoms with Gasteiger partial charge in [-0.2, -0.15) is 18.3 Å². The van der Waals surface area contributed by atoms with Crippen molar-refractivity contribution in [1.82, 2.24) is 5.43 Å². The highest BCUT2D eigenvalue weighted by Crippen LogP contribution is 2.29. The first-order valence-corrected chi connectivity index (χ1v) is 5.88. The molecule has 2 rings (SSSR count). The summed E-state index contributed by atoms with van der Waals surface area (Å²) in [6.45, 7) is 0. The summed E-state index contributed by atoms with van der Waals surface area (Å²) in [4.78, 5) is 22.8. The van der Waals surface area contributed by atoms with Gasteiger partial charge in [-0.1, -0.05) is 0 Å². The van der Waals surface area contributed by atoms with E-state index >= 15 is 0 Å². The Morgan fingerprint density at radius 2 is 2.10 bits per heavy atom. The molecule has 1 aliphatic carbocycles. The topological polar surface area (TPSA) is 71.7 Å². The van der Waals surface area contributed by atoms with Crippen molar-refractivity contribution in [2.45, 2.75) is 25.4 Å². The maximum Gasteiger partial charge on any atom is 0.431 e. The zero-order valence-electron chi connectivity index (χ0n) is 10.2. The van der Waals surface area contributed by atoms with Crippen LogP contribution < -0.4 is 5.43 Å². The van der Waals surface area contributed by atoms with E-state index in [1.165, 1.54) is 18.4 Å². The molecule has 0 aromatic carbocycles. The number of amides is 1. The van der Waals surface area contributed by atoms with Crippen molar-refractivity contribution in [3.63, 3.8) is 0 Å². The molecule has 0 saturated heterocycles. The third-order valence-electron chi connectivity index (χ3n) is 2.70. The van der Waals surface area contributed by atoms with E-state index in [4.69, 9.17) is 4.42 Å². The Hall–Kier alpha value is -2.12. The highest BCUT2D eigenvalue weighted by molar-refractivity contribution is 6.10. The van der Waals surface area contributed by atoms with E-state index in [-0.39, 0.29) is 11.7 Å². The van der Waals surface area contributed by atoms with E-state index < -0.39 is 30.0 Å². The van der Waals surface area contributed by atoms with Crippen molar-refractivity contribution >= 4 is 17.4 Å². The first-order chi connectivity index (χ1) is 9.38. The Balaban J connectivity index is 2.05. The molecule has 1 fully saturated rings. The van der Waals surface area contributed by atoms with Gasteiger partial charge in [-0.3, -0.25) is 9.59 Å². The summed E-state index contributed by atoms with van der Waals surface area (Å²) in [6, 6.07) is 2.66. The van der Waals surface area contributed by atoms with E-state index in [0.717, 1.165) is 0 Å². The first-order valence-electron chi connectivity index (χ1n) is 5.88. The molecular weight excluding hydrogens is 277 g/mol. The molecule has 0 bridgehead atoms. The number of carbonyl (C=O) groups excluding carboxylic acids is 2. The summed E-state index contributed by atoms with van der Waals surface area (Å²) < 4.78 is 42.9. The van der Waals surface area contributed by atoms with Crippen LogP contribution in [-0.4, -0.2) is 23.6 Å². The molecule has 0 atom stereocenters. The molecular formula is C12H11F3N2O3. The lowest BCUT2D eigenvalue weighted by molar-refractivity contribution is -0.122. The van der Waals surface area contributed by atoms with E-state index in [2.05, 4.69) is 5.10 Å². The number of Topliss-reactive ketones (excluding diaryl/α,β-unsaturated/α-hetero) is 1. The summed E-state index contributed by atoms with van der Waals surface area (Å²) in [7, 11) is 0. The van der Waals surface area contributed by atoms with Gasteiger partial charge < -0.3 is 4.42 Å². The maximum atomic E-state index is 12.7. The molecule has 1 N–H and O–H groups in total. The third kappa shape index (κ3) is 3.69. The van der Waals surface area contributed by atoms with Crippen LogP contribution in [0.4, 0.5) is 13.2 Å². The van der Waals surface area contributed by atoms with Crippen molar-refractivity contribution in [3.05, 3.63) is 24.2 Å². The molecule has 1 amide bonds. The molecule has 0 radical (unpaired) electrons. The Labute approximate surface area is 111 Å². The predicted octanol–water partition coefficient (Wildman–Crippen LogP) is 2.30. The van der Waals surface area contributed by atoms with E-state index in [0.29, 0.717) is 12.8 Å². The number of nitrogens with zero attached hydrogens (tertiary/aromatic N) is 1. The van der Waals surface area contributed by atoms with Gasteiger partial charge in [0.25, 0.3) is 0 Å². The van der Waals surface area contributed by atoms with Gasteiger partial charge in [0.1, 0.15) is 5.71 Å². The Bertz CT molecular complexity index is 531. The lowest BCUT2D eigenvalue weighted by Gasteiger charge is -2.09. The molecule has 1 heterocycles. The molecule has 108 valence electrons. The minimum absolute atomic E-state index is 0.185. The Kier molecular flexibility index (Phi) is 3.91. The van der Waals surface area contributed by atoms with Gasteiger partial charge in [-0.15, -0.1) is 0 Å². The van der Waals surface area contributed by atoms with Crippen molar-refractivity contribution in [2.24, 2.45) is 11.0 Å². The summed E-state index contributed by atoms with van der Waals surface area (Å²) in [5.41, 5.74) is 0.494. The number of rotatable bonds is 5. The summed E-state index contributed by atoms with van der Waals surface area (Å²) in [5.74, 6) is -1.87. The molecule has 8 heteroatoms. The highest BCUT2D eigenvalue weighted by Gasteiger charge is 2.38. The first kappa shape index (κ1) is 14.3. The van der Waals surface area contributed by atoms with Crippen LogP contribution in [0, 0.1) is 5.92 Å². The van der Waals surface area contributed by atoms with Crippen LogP contribution in [-0.2, 0) is 4.79 Å². The fourth-order valence-electron chi connectivity index (χ4n) is 1.44. The third-order valence-corrected chi connectivity index (χ3v) is 2.70. The average molecular weight is 288 g/mol. The van der Waals surface area contributed by atoms with Crippen LogP contribution >= 0.6 is 0 Å². The summed E-state index contributed by atoms with van der Waals surface area (Å²) >= 11 is 0. The summed E-state index contributed by atoms with van der Waals surface area (Å²) in [6.07, 6.45) is -3.30. The second-order valence-electron chi connectivity index (χ2n) is 4.38. The molecule has 0 aliphatic heterocycles. The zero-order chi connectivity index (χ0) is 14.8. The minimum atomic E-state index is -4.79. The SMILES string of the molecule is O=C(C/C(=N\NC(=O)C1CC1)C(F)(F)F)c1ccco1. The number of hydrogen-bond donors (Lipinski definition) is 1. The molecule has 1 aliphatic rings. The van der Waals surface area contributed by atoms with E-state index in [9.17, 15) is 22.8 Å². The van der Waals surface area contributed by atoms with Crippen molar-refractivity contribution in [1.29, 1.82) is 0 Å². The number of carbonyl (C=O) groups is 2. The quantitative estimate of drug-likeness (QED) is 0.513. The molecule has 0 spiro atoms. The smallest absolute Gasteiger partial charge is 0.431 e. The lowest BCUT2D eigenvalue weighted by Crippen LogP contribution is -2.30. The van der Waals surface area contributed by atoms with Crippen molar-refractivity contribution in [2.75, 3.05) is 0 Å². The van der Waals surface area contributed by atoms with Crippen LogP contribution in [0.3, 0.4) is 0 Å². The Morgan fingerprint density at radius 3 is 2.60 bits per heavy atom. The Morgan fingerprint density at radius 1 is 1.40 bits per heavy atom. The fraction of sp³-hybridized carbons (Fsp3) is 0.417. The summed E-state index contributed by atoms with van der Waals surface area (Å²) in [5, 5.41) is 3.04. The van der Waals surface area contributed by atoms with E-state index in [1.54, 1.807) is 0 Å². The van der Waals surface area contributed by atoms with Crippen molar-refractivity contribution < 1.29 is 27.2 Å². The van der Waals surface area contributed by atoms with Crippen LogP contribution in [0.15, 0.2) is 27.9 Å². The highest BCUT2D eigenvalue weighted by atomic mass is 19.4. The fourth-order valence-corrected chi connectivity index (χ4v) is 1.44. The van der Waals surface area contributed by atoms with Crippen molar-refractivity contribution in [3.8, 4) is 0 Å². The number of ketones is 1. The standard InChI is InChI=1S/C12H11F3N2O3/c13-12(14,15)10(16-17-11(19)7-3-4-7)6-8(18)9-2-1-5-20-9/h1-2,5,7H,3-4,6H2,(H,17,19)/b16-10+. The number of halogens is 3. The van der Waals surface area contributed by atoms with Gasteiger partial charge in [0.15, 0.2) is 5.76 Å². The van der Waals surface area contributed by atoms with Gasteiger partial charge in [0, 0.05) is 5.92 Å². The van der Waals surface area contributed by atoms with Gasteiger partial charge in [0.05, 0.1) is 12.7 Å². The average Bonchev–Trinajstić information content (AvgIpc) is 3.07. The minimum Gasteiger partial charge on any atom is -0.461 e. The number of nitrogens with one attached hydrogen (secondary N) is 1. The predicted molar refractivity (Wildman–Crippen MR) is 62.0 cm³/mol. The van der Waals surface area contributed by atoms with Gasteiger partial charge >= 0.3 is 6.18 Å². The number of hydrogen-bond acceptors (Lipinski definition) is 4. The van der Waals surface area contributed by atoms with Gasteiger partial charge in [0.2, 0.25) is 11.7 Å². The number of hydrazone groups is 1. The van der Waals surface area contributed by atoms with Crippen LogP contribution in [0.25, 0.3) is 0 Å². The second kappa shape index (κ2) is 5.48. The number of alkyl halides is 3. The lowest BCUT2D eigenvalue weighted by atomic mass is 10.1. The van der Waals surface area contributed by atoms with Crippen LogP contribution in [0.5, 0.6) is 0 Å². The molecule has 1 saturated carbocycles. The van der Waals surface area contributed by atoms with Crippen LogP contribution in [0.2, 0.25) is 0 Å². The molecule has 20 heavy (non-hydrogen) atoms. The van der Waals surface area contributed by atoms with Gasteiger partial charge in [-0.05, 0) is 25.0 Å². The molecule has 0 unspecified atom stereocenters. The second-order valence-corrected chi connectivity index (χ2v) is 4.38. The molecule has 5 nitrogen and oxygen atoms in total.